The summed E-state index contributed by atoms with van der Waals surface area (Å²) in [4.78, 5) is 0. The van der Waals surface area contributed by atoms with Crippen molar-refractivity contribution in [3.8, 4) is 0 Å². The van der Waals surface area contributed by atoms with Crippen LogP contribution in [0.1, 0.15) is 0 Å². The van der Waals surface area contributed by atoms with Gasteiger partial charge in [0.1, 0.15) is 7.05 Å². The number of nitrogens with zero attached hydrogens (tertiary/aromatic N) is 1. The fourth-order valence-electron chi connectivity index (χ4n) is 1.77. The van der Waals surface area contributed by atoms with E-state index in [2.05, 4.69) is 24.3 Å². The molecule has 0 saturated carbocycles. The summed E-state index contributed by atoms with van der Waals surface area (Å²) in [5.41, 5.74) is 2.06. The first kappa shape index (κ1) is 7.56. The third-order valence-corrected chi connectivity index (χ3v) is 2.55. The van der Waals surface area contributed by atoms with E-state index in [1.54, 1.807) is 6.39 Å². The van der Waals surface area contributed by atoms with Crippen LogP contribution in [-0.4, -0.2) is 0 Å². The maximum absolute atomic E-state index is 5.42. The Balaban J connectivity index is 2.54. The van der Waals surface area contributed by atoms with Gasteiger partial charge >= 0.3 is 6.39 Å². The Morgan fingerprint density at radius 3 is 2.57 bits per heavy atom. The first-order chi connectivity index (χ1) is 6.84. The number of hydrogen-bond donors (Lipinski definition) is 0. The molecule has 0 N–H and O–H groups in total. The van der Waals surface area contributed by atoms with E-state index in [-0.39, 0.29) is 0 Å². The van der Waals surface area contributed by atoms with Crippen LogP contribution in [0.4, 0.5) is 0 Å². The van der Waals surface area contributed by atoms with Gasteiger partial charge in [-0.15, -0.1) is 0 Å². The number of benzene rings is 2. The predicted molar refractivity (Wildman–Crippen MR) is 54.9 cm³/mol. The number of aryl methyl sites for hydroxylation is 1. The van der Waals surface area contributed by atoms with Crippen LogP contribution < -0.4 is 4.57 Å². The lowest BCUT2D eigenvalue weighted by Gasteiger charge is -1.93. The van der Waals surface area contributed by atoms with E-state index in [9.17, 15) is 0 Å². The van der Waals surface area contributed by atoms with Crippen LogP contribution in [0.25, 0.3) is 21.9 Å². The molecule has 68 valence electrons. The van der Waals surface area contributed by atoms with Crippen molar-refractivity contribution in [2.24, 2.45) is 7.05 Å². The Bertz CT molecular complexity index is 610. The van der Waals surface area contributed by atoms with Crippen molar-refractivity contribution in [1.29, 1.82) is 0 Å². The summed E-state index contributed by atoms with van der Waals surface area (Å²) in [5, 5.41) is 2.46. The fraction of sp³-hybridized carbons (Fsp3) is 0.0833. The zero-order valence-corrected chi connectivity index (χ0v) is 7.90. The number of oxazole rings is 1. The van der Waals surface area contributed by atoms with Crippen LogP contribution >= 0.6 is 0 Å². The maximum atomic E-state index is 5.42. The van der Waals surface area contributed by atoms with E-state index in [0.717, 1.165) is 11.1 Å². The Hall–Kier alpha value is -1.83. The molecule has 0 aliphatic carbocycles. The number of fused-ring (bicyclic) bond motifs is 2. The average molecular weight is 184 g/mol. The smallest absolute Gasteiger partial charge is 0.335 e. The Kier molecular flexibility index (Phi) is 1.39. The maximum Gasteiger partial charge on any atom is 0.335 e. The average Bonchev–Trinajstić information content (AvgIpc) is 2.57. The molecule has 3 aromatic rings. The fourth-order valence-corrected chi connectivity index (χ4v) is 1.77. The molecule has 0 bridgehead atoms. The van der Waals surface area contributed by atoms with Gasteiger partial charge in [0, 0.05) is 6.07 Å². The summed E-state index contributed by atoms with van der Waals surface area (Å²) in [6.45, 7) is 0. The summed E-state index contributed by atoms with van der Waals surface area (Å²) in [7, 11) is 1.99. The van der Waals surface area contributed by atoms with E-state index in [4.69, 9.17) is 4.42 Å². The topological polar surface area (TPSA) is 17.0 Å². The molecular formula is C12H10NO+. The summed E-state index contributed by atoms with van der Waals surface area (Å²) in [5.74, 6) is 0. The van der Waals surface area contributed by atoms with Crippen LogP contribution in [0.15, 0.2) is 47.2 Å². The highest BCUT2D eigenvalue weighted by Crippen LogP contribution is 2.20. The van der Waals surface area contributed by atoms with Gasteiger partial charge in [-0.05, 0) is 16.8 Å². The molecular weight excluding hydrogens is 174 g/mol. The highest BCUT2D eigenvalue weighted by molar-refractivity contribution is 5.92. The number of rotatable bonds is 0. The lowest BCUT2D eigenvalue weighted by Crippen LogP contribution is -2.24. The lowest BCUT2D eigenvalue weighted by molar-refractivity contribution is -0.649. The molecule has 0 aliphatic heterocycles. The van der Waals surface area contributed by atoms with Gasteiger partial charge in [-0.25, -0.2) is 0 Å². The second-order valence-electron chi connectivity index (χ2n) is 3.50. The van der Waals surface area contributed by atoms with Gasteiger partial charge in [-0.1, -0.05) is 24.3 Å². The molecule has 2 nitrogen and oxygen atoms in total. The summed E-state index contributed by atoms with van der Waals surface area (Å²) < 4.78 is 7.41. The molecule has 0 saturated heterocycles. The van der Waals surface area contributed by atoms with Gasteiger partial charge in [0.25, 0.3) is 5.52 Å². The second-order valence-corrected chi connectivity index (χ2v) is 3.50. The minimum atomic E-state index is 0.936. The van der Waals surface area contributed by atoms with Crippen LogP contribution in [-0.2, 0) is 7.05 Å². The van der Waals surface area contributed by atoms with Gasteiger partial charge < -0.3 is 4.42 Å². The molecule has 0 radical (unpaired) electrons. The molecule has 0 spiro atoms. The van der Waals surface area contributed by atoms with Crippen molar-refractivity contribution in [3.05, 3.63) is 42.8 Å². The molecule has 1 aromatic heterocycles. The first-order valence-corrected chi connectivity index (χ1v) is 4.60. The zero-order chi connectivity index (χ0) is 9.54. The van der Waals surface area contributed by atoms with Crippen molar-refractivity contribution in [2.75, 3.05) is 0 Å². The summed E-state index contributed by atoms with van der Waals surface area (Å²) in [6, 6.07) is 12.5. The minimum Gasteiger partial charge on any atom is -0.404 e. The number of aromatic nitrogens is 1. The van der Waals surface area contributed by atoms with Crippen LogP contribution in [0, 0.1) is 0 Å². The molecule has 1 heterocycles. The molecule has 0 amide bonds. The third kappa shape index (κ3) is 0.940. The van der Waals surface area contributed by atoms with Crippen molar-refractivity contribution in [1.82, 2.24) is 0 Å². The number of hydrogen-bond acceptors (Lipinski definition) is 1. The van der Waals surface area contributed by atoms with Crippen LogP contribution in [0.3, 0.4) is 0 Å². The summed E-state index contributed by atoms with van der Waals surface area (Å²) >= 11 is 0. The minimum absolute atomic E-state index is 0.936. The third-order valence-electron chi connectivity index (χ3n) is 2.55. The summed E-state index contributed by atoms with van der Waals surface area (Å²) in [6.07, 6.45) is 1.73. The van der Waals surface area contributed by atoms with Crippen molar-refractivity contribution >= 4 is 21.9 Å². The zero-order valence-electron chi connectivity index (χ0n) is 7.90. The van der Waals surface area contributed by atoms with Crippen LogP contribution in [0.5, 0.6) is 0 Å². The molecule has 2 aromatic carbocycles. The van der Waals surface area contributed by atoms with Crippen molar-refractivity contribution < 1.29 is 8.98 Å². The molecule has 0 atom stereocenters. The van der Waals surface area contributed by atoms with E-state index < -0.39 is 0 Å². The molecule has 14 heavy (non-hydrogen) atoms. The van der Waals surface area contributed by atoms with E-state index in [0.29, 0.717) is 0 Å². The largest absolute Gasteiger partial charge is 0.404 e. The van der Waals surface area contributed by atoms with Crippen molar-refractivity contribution in [3.63, 3.8) is 0 Å². The van der Waals surface area contributed by atoms with Gasteiger partial charge in [0.05, 0.1) is 0 Å². The van der Waals surface area contributed by atoms with Gasteiger partial charge in [-0.2, -0.15) is 4.57 Å². The highest BCUT2D eigenvalue weighted by Gasteiger charge is 2.09. The quantitative estimate of drug-likeness (QED) is 0.490. The second kappa shape index (κ2) is 2.58. The van der Waals surface area contributed by atoms with E-state index >= 15 is 0 Å². The monoisotopic (exact) mass is 184 g/mol. The van der Waals surface area contributed by atoms with Crippen LogP contribution in [0.2, 0.25) is 0 Å². The van der Waals surface area contributed by atoms with Gasteiger partial charge in [0.15, 0.2) is 0 Å². The SMILES string of the molecule is C[n+]1coc2cc3ccccc3cc21. The predicted octanol–water partition coefficient (Wildman–Crippen LogP) is 2.41. The van der Waals surface area contributed by atoms with Gasteiger partial charge in [0.2, 0.25) is 5.58 Å². The molecule has 0 aliphatic rings. The lowest BCUT2D eigenvalue weighted by atomic mass is 10.1. The van der Waals surface area contributed by atoms with E-state index in [1.807, 2.05) is 23.7 Å². The molecule has 3 rings (SSSR count). The first-order valence-electron chi connectivity index (χ1n) is 4.60. The van der Waals surface area contributed by atoms with Gasteiger partial charge in [-0.3, -0.25) is 0 Å². The van der Waals surface area contributed by atoms with E-state index in [1.165, 1.54) is 10.8 Å². The Morgan fingerprint density at radius 2 is 1.79 bits per heavy atom. The standard InChI is InChI=1S/C12H10NO/c1-13-8-14-12-7-10-5-3-2-4-9(10)6-11(12)13/h2-8H,1H3/q+1. The Labute approximate surface area is 81.4 Å². The molecule has 2 heteroatoms. The highest BCUT2D eigenvalue weighted by atomic mass is 16.3. The normalized spacial score (nSPS) is 11.2. The Morgan fingerprint density at radius 1 is 1.07 bits per heavy atom. The molecule has 0 fully saturated rings. The van der Waals surface area contributed by atoms with Crippen molar-refractivity contribution in [2.45, 2.75) is 0 Å². The molecule has 0 unspecified atom stereocenters.